The highest BCUT2D eigenvalue weighted by Crippen LogP contribution is 2.27. The Balaban J connectivity index is 1.58. The quantitative estimate of drug-likeness (QED) is 0.764. The Morgan fingerprint density at radius 3 is 2.59 bits per heavy atom. The molecular weight excluding hydrogens is 347 g/mol. The third-order valence-electron chi connectivity index (χ3n) is 4.38. The summed E-state index contributed by atoms with van der Waals surface area (Å²) in [6.45, 7) is 4.64. The maximum absolute atomic E-state index is 12.9. The zero-order valence-electron chi connectivity index (χ0n) is 14.9. The van der Waals surface area contributed by atoms with Crippen molar-refractivity contribution < 1.29 is 18.7 Å². The average Bonchev–Trinajstić information content (AvgIpc) is 3.08. The van der Waals surface area contributed by atoms with Crippen molar-refractivity contribution in [2.45, 2.75) is 13.0 Å². The Hall–Kier alpha value is -3.15. The van der Waals surface area contributed by atoms with Gasteiger partial charge in [0.1, 0.15) is 18.2 Å². The van der Waals surface area contributed by atoms with Gasteiger partial charge in [-0.05, 0) is 42.0 Å². The molecular formula is C21H21FN2O3. The number of nitrogens with zero attached hydrogens (tertiary/aromatic N) is 1. The van der Waals surface area contributed by atoms with E-state index >= 15 is 0 Å². The zero-order chi connectivity index (χ0) is 19.2. The van der Waals surface area contributed by atoms with E-state index in [9.17, 15) is 14.0 Å². The molecule has 2 aromatic carbocycles. The van der Waals surface area contributed by atoms with Crippen LogP contribution in [0.1, 0.15) is 12.0 Å². The number of hydrogen-bond acceptors (Lipinski definition) is 3. The molecule has 0 aliphatic carbocycles. The highest BCUT2D eigenvalue weighted by molar-refractivity contribution is 6.00. The van der Waals surface area contributed by atoms with E-state index in [0.29, 0.717) is 25.4 Å². The van der Waals surface area contributed by atoms with Gasteiger partial charge in [0.25, 0.3) is 0 Å². The summed E-state index contributed by atoms with van der Waals surface area (Å²) in [7, 11) is 0. The van der Waals surface area contributed by atoms with Gasteiger partial charge in [0, 0.05) is 25.2 Å². The van der Waals surface area contributed by atoms with E-state index in [2.05, 4.69) is 11.9 Å². The van der Waals surface area contributed by atoms with Gasteiger partial charge in [-0.25, -0.2) is 4.39 Å². The number of hydrogen-bond donors (Lipinski definition) is 1. The number of nitrogens with one attached hydrogen (secondary N) is 1. The number of rotatable bonds is 7. The Morgan fingerprint density at radius 1 is 1.22 bits per heavy atom. The van der Waals surface area contributed by atoms with Crippen molar-refractivity contribution in [2.24, 2.45) is 5.92 Å². The lowest BCUT2D eigenvalue weighted by Gasteiger charge is -2.17. The van der Waals surface area contributed by atoms with E-state index < -0.39 is 0 Å². The SMILES string of the molecule is C=CCNC(=O)[C@@H]1CC(=O)N(c2ccc(OCc3ccc(F)cc3)cc2)C1. The molecule has 0 saturated carbocycles. The molecule has 1 aliphatic heterocycles. The van der Waals surface area contributed by atoms with Crippen molar-refractivity contribution in [1.82, 2.24) is 5.32 Å². The van der Waals surface area contributed by atoms with E-state index in [0.717, 1.165) is 11.3 Å². The van der Waals surface area contributed by atoms with Crippen LogP contribution < -0.4 is 15.0 Å². The van der Waals surface area contributed by atoms with E-state index in [-0.39, 0.29) is 30.0 Å². The van der Waals surface area contributed by atoms with Crippen LogP contribution in [0.2, 0.25) is 0 Å². The number of ether oxygens (including phenoxy) is 1. The molecule has 1 heterocycles. The van der Waals surface area contributed by atoms with Crippen LogP contribution >= 0.6 is 0 Å². The number of halogens is 1. The second-order valence-corrected chi connectivity index (χ2v) is 6.35. The third kappa shape index (κ3) is 4.73. The minimum atomic E-state index is -0.355. The predicted octanol–water partition coefficient (Wildman–Crippen LogP) is 3.06. The van der Waals surface area contributed by atoms with Gasteiger partial charge in [0.15, 0.2) is 0 Å². The van der Waals surface area contributed by atoms with Crippen LogP contribution in [0.4, 0.5) is 10.1 Å². The summed E-state index contributed by atoms with van der Waals surface area (Å²) in [6.07, 6.45) is 1.81. The van der Waals surface area contributed by atoms with Gasteiger partial charge in [-0.2, -0.15) is 0 Å². The molecule has 0 aromatic heterocycles. The minimum absolute atomic E-state index is 0.0752. The van der Waals surface area contributed by atoms with Crippen molar-refractivity contribution >= 4 is 17.5 Å². The predicted molar refractivity (Wildman–Crippen MR) is 101 cm³/mol. The summed E-state index contributed by atoms with van der Waals surface area (Å²) in [5.74, 6) is -0.199. The van der Waals surface area contributed by atoms with Crippen molar-refractivity contribution in [3.63, 3.8) is 0 Å². The minimum Gasteiger partial charge on any atom is -0.489 e. The van der Waals surface area contributed by atoms with E-state index in [1.807, 2.05) is 0 Å². The molecule has 1 atom stereocenters. The molecule has 1 fully saturated rings. The molecule has 140 valence electrons. The smallest absolute Gasteiger partial charge is 0.227 e. The lowest BCUT2D eigenvalue weighted by Crippen LogP contribution is -2.32. The van der Waals surface area contributed by atoms with Crippen LogP contribution in [0.5, 0.6) is 5.75 Å². The van der Waals surface area contributed by atoms with Crippen LogP contribution in [0, 0.1) is 11.7 Å². The van der Waals surface area contributed by atoms with Crippen LogP contribution in [-0.4, -0.2) is 24.9 Å². The molecule has 2 aromatic rings. The molecule has 0 radical (unpaired) electrons. The van der Waals surface area contributed by atoms with Gasteiger partial charge in [-0.15, -0.1) is 6.58 Å². The Bertz CT molecular complexity index is 818. The summed E-state index contributed by atoms with van der Waals surface area (Å²) in [5, 5.41) is 2.73. The maximum atomic E-state index is 12.9. The molecule has 1 saturated heterocycles. The second-order valence-electron chi connectivity index (χ2n) is 6.35. The summed E-state index contributed by atoms with van der Waals surface area (Å²) in [5.41, 5.74) is 1.59. The summed E-state index contributed by atoms with van der Waals surface area (Å²) in [6, 6.07) is 13.3. The first-order valence-electron chi connectivity index (χ1n) is 8.73. The highest BCUT2D eigenvalue weighted by Gasteiger charge is 2.34. The first-order chi connectivity index (χ1) is 13.1. The fraction of sp³-hybridized carbons (Fsp3) is 0.238. The average molecular weight is 368 g/mol. The zero-order valence-corrected chi connectivity index (χ0v) is 14.9. The van der Waals surface area contributed by atoms with Gasteiger partial charge >= 0.3 is 0 Å². The van der Waals surface area contributed by atoms with Crippen molar-refractivity contribution in [3.8, 4) is 5.75 Å². The van der Waals surface area contributed by atoms with E-state index in [1.54, 1.807) is 47.4 Å². The lowest BCUT2D eigenvalue weighted by molar-refractivity contribution is -0.126. The largest absolute Gasteiger partial charge is 0.489 e. The summed E-state index contributed by atoms with van der Waals surface area (Å²) < 4.78 is 18.6. The van der Waals surface area contributed by atoms with Crippen molar-refractivity contribution in [2.75, 3.05) is 18.0 Å². The van der Waals surface area contributed by atoms with Gasteiger partial charge in [0.05, 0.1) is 5.92 Å². The van der Waals surface area contributed by atoms with Gasteiger partial charge in [0.2, 0.25) is 11.8 Å². The number of amides is 2. The van der Waals surface area contributed by atoms with Crippen LogP contribution in [0.25, 0.3) is 0 Å². The molecule has 1 aliphatic rings. The first kappa shape index (κ1) is 18.6. The van der Waals surface area contributed by atoms with E-state index in [4.69, 9.17) is 4.74 Å². The first-order valence-corrected chi connectivity index (χ1v) is 8.73. The van der Waals surface area contributed by atoms with Gasteiger partial charge < -0.3 is 15.0 Å². The summed E-state index contributed by atoms with van der Waals surface area (Å²) >= 11 is 0. The van der Waals surface area contributed by atoms with Gasteiger partial charge in [-0.3, -0.25) is 9.59 Å². The molecule has 0 bridgehead atoms. The lowest BCUT2D eigenvalue weighted by atomic mass is 10.1. The molecule has 6 heteroatoms. The van der Waals surface area contributed by atoms with Crippen LogP contribution in [-0.2, 0) is 16.2 Å². The van der Waals surface area contributed by atoms with Gasteiger partial charge in [-0.1, -0.05) is 18.2 Å². The standard InChI is InChI=1S/C21H21FN2O3/c1-2-11-23-21(26)16-12-20(25)24(13-16)18-7-9-19(10-8-18)27-14-15-3-5-17(22)6-4-15/h2-10,16H,1,11-14H2,(H,23,26)/t16-/m1/s1. The second kappa shape index (κ2) is 8.49. The summed E-state index contributed by atoms with van der Waals surface area (Å²) in [4.78, 5) is 25.9. The fourth-order valence-corrected chi connectivity index (χ4v) is 2.92. The molecule has 0 unspecified atom stereocenters. The number of carbonyl (C=O) groups excluding carboxylic acids is 2. The molecule has 0 spiro atoms. The van der Waals surface area contributed by atoms with Crippen LogP contribution in [0.3, 0.4) is 0 Å². The molecule has 27 heavy (non-hydrogen) atoms. The Kier molecular flexibility index (Phi) is 5.86. The van der Waals surface area contributed by atoms with E-state index in [1.165, 1.54) is 12.1 Å². The maximum Gasteiger partial charge on any atom is 0.227 e. The Labute approximate surface area is 157 Å². The fourth-order valence-electron chi connectivity index (χ4n) is 2.92. The molecule has 5 nitrogen and oxygen atoms in total. The topological polar surface area (TPSA) is 58.6 Å². The van der Waals surface area contributed by atoms with Crippen LogP contribution in [0.15, 0.2) is 61.2 Å². The number of carbonyl (C=O) groups is 2. The number of benzene rings is 2. The molecule has 3 rings (SSSR count). The molecule has 1 N–H and O–H groups in total. The highest BCUT2D eigenvalue weighted by atomic mass is 19.1. The Morgan fingerprint density at radius 2 is 1.93 bits per heavy atom. The van der Waals surface area contributed by atoms with Crippen molar-refractivity contribution in [1.29, 1.82) is 0 Å². The number of anilines is 1. The molecule has 2 amide bonds. The normalized spacial score (nSPS) is 16.3. The monoisotopic (exact) mass is 368 g/mol. The van der Waals surface area contributed by atoms with Crippen molar-refractivity contribution in [3.05, 3.63) is 72.6 Å². The third-order valence-corrected chi connectivity index (χ3v) is 4.38.